The molecule has 0 atom stereocenters. The zero-order chi connectivity index (χ0) is 11.1. The minimum absolute atomic E-state index is 0.403. The average Bonchev–Trinajstić information content (AvgIpc) is 2.30. The highest BCUT2D eigenvalue weighted by atomic mass is 16.6. The number of hydrogen-bond donors (Lipinski definition) is 2. The van der Waals surface area contributed by atoms with Crippen molar-refractivity contribution in [1.29, 1.82) is 0 Å². The number of ether oxygens (including phenoxy) is 2. The average molecular weight is 210 g/mol. The predicted molar refractivity (Wildman–Crippen MR) is 55.6 cm³/mol. The lowest BCUT2D eigenvalue weighted by Crippen LogP contribution is -2.18. The maximum Gasteiger partial charge on any atom is 0.221 e. The second kappa shape index (κ2) is 5.87. The third-order valence-corrected chi connectivity index (χ3v) is 1.83. The number of benzene rings is 1. The molecule has 0 spiro atoms. The molecule has 1 heterocycles. The van der Waals surface area contributed by atoms with Crippen molar-refractivity contribution in [3.63, 3.8) is 0 Å². The predicted octanol–water partition coefficient (Wildman–Crippen LogP) is 0.372. The van der Waals surface area contributed by atoms with Crippen molar-refractivity contribution in [1.82, 2.24) is 5.43 Å². The van der Waals surface area contributed by atoms with Crippen LogP contribution in [0.5, 0.6) is 11.5 Å². The number of aryl methyl sites for hydroxylation is 1. The van der Waals surface area contributed by atoms with E-state index >= 15 is 0 Å². The second-order valence-electron chi connectivity index (χ2n) is 2.88. The van der Waals surface area contributed by atoms with Crippen LogP contribution in [-0.4, -0.2) is 19.6 Å². The first kappa shape index (κ1) is 11.3. The summed E-state index contributed by atoms with van der Waals surface area (Å²) in [6.07, 6.45) is 0.403. The number of rotatable bonds is 1. The smallest absolute Gasteiger partial charge is 0.221 e. The molecule has 3 N–H and O–H groups in total. The van der Waals surface area contributed by atoms with Crippen LogP contribution < -0.4 is 20.7 Å². The molecule has 0 aromatic heterocycles. The van der Waals surface area contributed by atoms with E-state index in [1.54, 1.807) is 5.43 Å². The van der Waals surface area contributed by atoms with Gasteiger partial charge in [-0.3, -0.25) is 10.2 Å². The molecule has 1 amide bonds. The van der Waals surface area contributed by atoms with Crippen LogP contribution in [0, 0.1) is 6.92 Å². The van der Waals surface area contributed by atoms with Gasteiger partial charge in [-0.05, 0) is 18.6 Å². The first-order valence-corrected chi connectivity index (χ1v) is 4.54. The highest BCUT2D eigenvalue weighted by Crippen LogP contribution is 2.32. The zero-order valence-electron chi connectivity index (χ0n) is 8.53. The molecule has 5 nitrogen and oxygen atoms in total. The number of carbonyl (C=O) groups excluding carboxylic acids is 1. The lowest BCUT2D eigenvalue weighted by Gasteiger charge is -2.19. The van der Waals surface area contributed by atoms with Crippen LogP contribution in [0.2, 0.25) is 0 Å². The van der Waals surface area contributed by atoms with E-state index in [9.17, 15) is 0 Å². The molecule has 2 rings (SSSR count). The van der Waals surface area contributed by atoms with E-state index in [4.69, 9.17) is 14.3 Å². The number of hydrazine groups is 1. The maximum absolute atomic E-state index is 8.94. The van der Waals surface area contributed by atoms with E-state index in [0.717, 1.165) is 17.1 Å². The van der Waals surface area contributed by atoms with Crippen molar-refractivity contribution in [3.05, 3.63) is 23.8 Å². The molecule has 0 aliphatic carbocycles. The Labute approximate surface area is 88.1 Å². The number of carbonyl (C=O) groups is 1. The third-order valence-electron chi connectivity index (χ3n) is 1.83. The normalized spacial score (nSPS) is 12.1. The molecule has 0 saturated carbocycles. The van der Waals surface area contributed by atoms with Crippen molar-refractivity contribution in [2.24, 2.45) is 5.84 Å². The van der Waals surface area contributed by atoms with Crippen LogP contribution in [0.3, 0.4) is 0 Å². The summed E-state index contributed by atoms with van der Waals surface area (Å²) in [4.78, 5) is 8.94. The van der Waals surface area contributed by atoms with E-state index in [1.807, 2.05) is 25.1 Å². The standard InChI is InChI=1S/C9H10O2.CH4N2O/c1-7-3-2-4-8-9(7)11-6-5-10-8;2-3-1-4/h2-4H,5-6H2,1H3;1H,2H2,(H,3,4). The van der Waals surface area contributed by atoms with Crippen LogP contribution in [-0.2, 0) is 4.79 Å². The Balaban J connectivity index is 0.000000245. The van der Waals surface area contributed by atoms with E-state index in [2.05, 4.69) is 5.84 Å². The van der Waals surface area contributed by atoms with E-state index in [1.165, 1.54) is 0 Å². The Bertz CT molecular complexity index is 328. The Hall–Kier alpha value is -1.75. The van der Waals surface area contributed by atoms with Gasteiger partial charge in [-0.2, -0.15) is 0 Å². The fraction of sp³-hybridized carbons (Fsp3) is 0.300. The second-order valence-corrected chi connectivity index (χ2v) is 2.88. The van der Waals surface area contributed by atoms with Crippen LogP contribution in [0.15, 0.2) is 18.2 Å². The Morgan fingerprint density at radius 3 is 2.67 bits per heavy atom. The summed E-state index contributed by atoms with van der Waals surface area (Å²) in [6, 6.07) is 5.93. The van der Waals surface area contributed by atoms with E-state index < -0.39 is 0 Å². The van der Waals surface area contributed by atoms with Gasteiger partial charge >= 0.3 is 0 Å². The van der Waals surface area contributed by atoms with Gasteiger partial charge < -0.3 is 9.47 Å². The van der Waals surface area contributed by atoms with Gasteiger partial charge in [0.15, 0.2) is 11.5 Å². The van der Waals surface area contributed by atoms with Crippen LogP contribution >= 0.6 is 0 Å². The zero-order valence-corrected chi connectivity index (χ0v) is 8.53. The molecule has 15 heavy (non-hydrogen) atoms. The molecule has 0 saturated heterocycles. The summed E-state index contributed by atoms with van der Waals surface area (Å²) >= 11 is 0. The summed E-state index contributed by atoms with van der Waals surface area (Å²) in [5.41, 5.74) is 2.89. The quantitative estimate of drug-likeness (QED) is 0.304. The monoisotopic (exact) mass is 210 g/mol. The minimum atomic E-state index is 0.403. The Morgan fingerprint density at radius 2 is 2.07 bits per heavy atom. The number of para-hydroxylation sites is 1. The van der Waals surface area contributed by atoms with Crippen LogP contribution in [0.1, 0.15) is 5.56 Å². The van der Waals surface area contributed by atoms with E-state index in [-0.39, 0.29) is 0 Å². The molecular formula is C10H14N2O3. The summed E-state index contributed by atoms with van der Waals surface area (Å²) in [7, 11) is 0. The molecule has 82 valence electrons. The van der Waals surface area contributed by atoms with Gasteiger partial charge in [-0.25, -0.2) is 5.84 Å². The molecular weight excluding hydrogens is 196 g/mol. The fourth-order valence-electron chi connectivity index (χ4n) is 1.22. The van der Waals surface area contributed by atoms with Crippen LogP contribution in [0.25, 0.3) is 0 Å². The maximum atomic E-state index is 8.94. The molecule has 1 aliphatic heterocycles. The van der Waals surface area contributed by atoms with Crippen molar-refractivity contribution in [3.8, 4) is 11.5 Å². The van der Waals surface area contributed by atoms with Gasteiger partial charge in [0, 0.05) is 0 Å². The molecule has 1 aromatic carbocycles. The Morgan fingerprint density at radius 1 is 1.40 bits per heavy atom. The first-order chi connectivity index (χ1) is 7.29. The van der Waals surface area contributed by atoms with Crippen LogP contribution in [0.4, 0.5) is 0 Å². The first-order valence-electron chi connectivity index (χ1n) is 4.54. The number of amides is 1. The van der Waals surface area contributed by atoms with Gasteiger partial charge in [0.1, 0.15) is 13.2 Å². The van der Waals surface area contributed by atoms with Gasteiger partial charge in [0.05, 0.1) is 0 Å². The summed E-state index contributed by atoms with van der Waals surface area (Å²) in [5, 5.41) is 0. The third kappa shape index (κ3) is 3.14. The Kier molecular flexibility index (Phi) is 4.43. The minimum Gasteiger partial charge on any atom is -0.486 e. The fourth-order valence-corrected chi connectivity index (χ4v) is 1.22. The number of nitrogens with one attached hydrogen (secondary N) is 1. The summed E-state index contributed by atoms with van der Waals surface area (Å²) in [5.74, 6) is 6.18. The molecule has 1 aliphatic rings. The molecule has 5 heteroatoms. The molecule has 0 radical (unpaired) electrons. The molecule has 0 unspecified atom stereocenters. The SMILES string of the molecule is Cc1cccc2c1OCCO2.NNC=O. The number of fused-ring (bicyclic) bond motifs is 1. The van der Waals surface area contributed by atoms with Crippen molar-refractivity contribution >= 4 is 6.41 Å². The summed E-state index contributed by atoms with van der Waals surface area (Å²) in [6.45, 7) is 3.35. The topological polar surface area (TPSA) is 73.6 Å². The summed E-state index contributed by atoms with van der Waals surface area (Å²) < 4.78 is 10.8. The number of hydrogen-bond acceptors (Lipinski definition) is 4. The highest BCUT2D eigenvalue weighted by molar-refractivity contribution is 5.46. The van der Waals surface area contributed by atoms with Gasteiger partial charge in [-0.1, -0.05) is 12.1 Å². The molecule has 0 fully saturated rings. The molecule has 0 bridgehead atoms. The van der Waals surface area contributed by atoms with Gasteiger partial charge in [0.2, 0.25) is 6.41 Å². The van der Waals surface area contributed by atoms with Crippen molar-refractivity contribution in [2.45, 2.75) is 6.92 Å². The lowest BCUT2D eigenvalue weighted by atomic mass is 10.2. The van der Waals surface area contributed by atoms with Crippen molar-refractivity contribution in [2.75, 3.05) is 13.2 Å². The lowest BCUT2D eigenvalue weighted by molar-refractivity contribution is -0.109. The molecule has 1 aromatic rings. The van der Waals surface area contributed by atoms with E-state index in [0.29, 0.717) is 19.6 Å². The largest absolute Gasteiger partial charge is 0.486 e. The van der Waals surface area contributed by atoms with Gasteiger partial charge in [0.25, 0.3) is 0 Å². The highest BCUT2D eigenvalue weighted by Gasteiger charge is 2.11. The number of nitrogens with two attached hydrogens (primary N) is 1. The van der Waals surface area contributed by atoms with Gasteiger partial charge in [-0.15, -0.1) is 0 Å². The van der Waals surface area contributed by atoms with Crippen molar-refractivity contribution < 1.29 is 14.3 Å².